The number of benzene rings is 5. The molecular weight excluding hydrogens is 446 g/mol. The van der Waals surface area contributed by atoms with E-state index >= 15 is 0 Å². The van der Waals surface area contributed by atoms with E-state index in [1.165, 1.54) is 49.7 Å². The Morgan fingerprint density at radius 1 is 0.571 bits per heavy atom. The molecule has 1 aromatic heterocycles. The molecule has 1 nitrogen and oxygen atoms in total. The van der Waals surface area contributed by atoms with Crippen LogP contribution in [0, 0.1) is 0 Å². The van der Waals surface area contributed by atoms with Gasteiger partial charge in [-0.25, -0.2) is 0 Å². The van der Waals surface area contributed by atoms with Gasteiger partial charge in [-0.3, -0.25) is 0 Å². The number of rotatable bonds is 2. The normalized spacial score (nSPS) is 13.8. The van der Waals surface area contributed by atoms with Gasteiger partial charge in [0, 0.05) is 26.9 Å². The van der Waals surface area contributed by atoms with Gasteiger partial charge < -0.3 is 4.57 Å². The van der Waals surface area contributed by atoms with Gasteiger partial charge >= 0.3 is 0 Å². The Morgan fingerprint density at radius 3 is 2.14 bits per heavy atom. The molecule has 0 atom stereocenters. The molecule has 0 bridgehead atoms. The lowest BCUT2D eigenvalue weighted by atomic mass is 9.82. The summed E-state index contributed by atoms with van der Waals surface area (Å²) < 4.78 is 2.31. The molecule has 0 unspecified atom stereocenters. The third-order valence-corrected chi connectivity index (χ3v) is 7.89. The lowest BCUT2D eigenvalue weighted by Crippen LogP contribution is -2.14. The van der Waals surface area contributed by atoms with E-state index in [0.717, 1.165) is 16.2 Å². The van der Waals surface area contributed by atoms with Crippen LogP contribution in [0.5, 0.6) is 0 Å². The molecule has 1 aliphatic rings. The zero-order valence-corrected chi connectivity index (χ0v) is 20.5. The Bertz CT molecular complexity index is 1770. The van der Waals surface area contributed by atoms with E-state index in [-0.39, 0.29) is 5.41 Å². The van der Waals surface area contributed by atoms with Crippen molar-refractivity contribution in [3.63, 3.8) is 0 Å². The molecule has 0 spiro atoms. The van der Waals surface area contributed by atoms with Gasteiger partial charge in [-0.1, -0.05) is 92.2 Å². The number of hydrogen-bond donors (Lipinski definition) is 0. The molecule has 35 heavy (non-hydrogen) atoms. The second-order valence-electron chi connectivity index (χ2n) is 10.00. The average Bonchev–Trinajstić information content (AvgIpc) is 3.32. The minimum atomic E-state index is 0.0246. The molecule has 0 N–H and O–H groups in total. The van der Waals surface area contributed by atoms with Gasteiger partial charge in [-0.05, 0) is 75.8 Å². The molecule has 0 fully saturated rings. The summed E-state index contributed by atoms with van der Waals surface area (Å²) in [4.78, 5) is 0. The van der Waals surface area contributed by atoms with Gasteiger partial charge in [0.1, 0.15) is 0 Å². The van der Waals surface area contributed by atoms with E-state index < -0.39 is 0 Å². The monoisotopic (exact) mass is 469 g/mol. The number of fused-ring (bicyclic) bond motifs is 6. The fraction of sp³-hybridized carbons (Fsp3) is 0.0909. The van der Waals surface area contributed by atoms with Crippen molar-refractivity contribution in [1.82, 2.24) is 4.57 Å². The zero-order valence-electron chi connectivity index (χ0n) is 19.7. The molecule has 0 amide bonds. The summed E-state index contributed by atoms with van der Waals surface area (Å²) in [7, 11) is 0. The van der Waals surface area contributed by atoms with E-state index in [0.29, 0.717) is 0 Å². The number of hydrogen-bond acceptors (Lipinski definition) is 0. The van der Waals surface area contributed by atoms with Crippen LogP contribution >= 0.6 is 11.6 Å². The molecule has 1 aliphatic carbocycles. The summed E-state index contributed by atoms with van der Waals surface area (Å²) in [5, 5.41) is 3.19. The predicted molar refractivity (Wildman–Crippen MR) is 149 cm³/mol. The summed E-state index contributed by atoms with van der Waals surface area (Å²) in [6, 6.07) is 39.3. The summed E-state index contributed by atoms with van der Waals surface area (Å²) in [6.45, 7) is 4.65. The number of nitrogens with zero attached hydrogens (tertiary/aromatic N) is 1. The third kappa shape index (κ3) is 2.95. The van der Waals surface area contributed by atoms with E-state index in [9.17, 15) is 0 Å². The maximum atomic E-state index is 6.44. The quantitative estimate of drug-likeness (QED) is 0.238. The average molecular weight is 470 g/mol. The fourth-order valence-corrected chi connectivity index (χ4v) is 6.09. The van der Waals surface area contributed by atoms with Gasteiger partial charge in [0.15, 0.2) is 0 Å². The van der Waals surface area contributed by atoms with E-state index in [2.05, 4.69) is 122 Å². The van der Waals surface area contributed by atoms with Crippen molar-refractivity contribution in [2.75, 3.05) is 0 Å². The minimum absolute atomic E-state index is 0.0246. The minimum Gasteiger partial charge on any atom is -0.309 e. The number of para-hydroxylation sites is 1. The predicted octanol–water partition coefficient (Wildman–Crippen LogP) is 9.41. The second-order valence-corrected chi connectivity index (χ2v) is 10.4. The summed E-state index contributed by atoms with van der Waals surface area (Å²) >= 11 is 6.44. The molecule has 0 saturated heterocycles. The molecule has 0 aliphatic heterocycles. The van der Waals surface area contributed by atoms with Crippen LogP contribution < -0.4 is 0 Å². The molecular formula is C33H24ClN. The number of aromatic nitrogens is 1. The van der Waals surface area contributed by atoms with Crippen LogP contribution in [0.3, 0.4) is 0 Å². The third-order valence-electron chi connectivity index (χ3n) is 7.66. The van der Waals surface area contributed by atoms with Crippen molar-refractivity contribution in [3.05, 3.63) is 125 Å². The Kier molecular flexibility index (Phi) is 4.31. The first-order valence-corrected chi connectivity index (χ1v) is 12.4. The van der Waals surface area contributed by atoms with Crippen LogP contribution in [0.2, 0.25) is 5.02 Å². The van der Waals surface area contributed by atoms with Crippen molar-refractivity contribution >= 4 is 33.4 Å². The summed E-state index contributed by atoms with van der Waals surface area (Å²) in [6.07, 6.45) is 0. The molecule has 6 aromatic rings. The Labute approximate surface area is 210 Å². The first-order chi connectivity index (χ1) is 17.0. The van der Waals surface area contributed by atoms with Gasteiger partial charge in [-0.15, -0.1) is 0 Å². The first-order valence-electron chi connectivity index (χ1n) is 12.1. The maximum absolute atomic E-state index is 6.44. The summed E-state index contributed by atoms with van der Waals surface area (Å²) in [5.41, 5.74) is 11.5. The van der Waals surface area contributed by atoms with Crippen LogP contribution in [0.15, 0.2) is 109 Å². The number of halogens is 1. The van der Waals surface area contributed by atoms with E-state index in [4.69, 9.17) is 11.6 Å². The lowest BCUT2D eigenvalue weighted by Gasteiger charge is -2.21. The van der Waals surface area contributed by atoms with Gasteiger partial charge in [0.2, 0.25) is 0 Å². The maximum Gasteiger partial charge on any atom is 0.0555 e. The highest BCUT2D eigenvalue weighted by Gasteiger charge is 2.35. The molecule has 0 saturated carbocycles. The van der Waals surface area contributed by atoms with E-state index in [1.54, 1.807) is 0 Å². The second kappa shape index (κ2) is 7.34. The fourth-order valence-electron chi connectivity index (χ4n) is 5.93. The Morgan fingerprint density at radius 2 is 1.29 bits per heavy atom. The summed E-state index contributed by atoms with van der Waals surface area (Å²) in [5.74, 6) is 0. The largest absolute Gasteiger partial charge is 0.309 e. The van der Waals surface area contributed by atoms with Crippen LogP contribution in [0.4, 0.5) is 0 Å². The van der Waals surface area contributed by atoms with Crippen LogP contribution in [0.1, 0.15) is 25.0 Å². The molecule has 0 radical (unpaired) electrons. The van der Waals surface area contributed by atoms with Gasteiger partial charge in [0.25, 0.3) is 0 Å². The molecule has 7 rings (SSSR count). The SMILES string of the molecule is CC1(C)c2ccccc2-c2cc(-c3ccc4c(c3)c3ccc(Cl)cc3n4-c3ccccc3)ccc21. The molecule has 168 valence electrons. The van der Waals surface area contributed by atoms with Crippen molar-refractivity contribution in [1.29, 1.82) is 0 Å². The topological polar surface area (TPSA) is 4.93 Å². The molecule has 5 aromatic carbocycles. The van der Waals surface area contributed by atoms with Crippen LogP contribution in [-0.2, 0) is 5.41 Å². The molecule has 1 heterocycles. The van der Waals surface area contributed by atoms with Crippen molar-refractivity contribution in [2.24, 2.45) is 0 Å². The zero-order chi connectivity index (χ0) is 23.7. The highest BCUT2D eigenvalue weighted by molar-refractivity contribution is 6.31. The Hall–Kier alpha value is -3.81. The lowest BCUT2D eigenvalue weighted by molar-refractivity contribution is 0.660. The van der Waals surface area contributed by atoms with Gasteiger partial charge in [-0.2, -0.15) is 0 Å². The standard InChI is InChI=1S/C33H24ClN/c1-33(2)29-11-7-6-10-25(29)27-18-21(12-16-30(27)33)22-13-17-31-28(19-22)26-15-14-23(34)20-32(26)35(31)24-8-4-3-5-9-24/h3-20H,1-2H3. The molecule has 2 heteroatoms. The van der Waals surface area contributed by atoms with Crippen molar-refractivity contribution in [2.45, 2.75) is 19.3 Å². The van der Waals surface area contributed by atoms with Crippen molar-refractivity contribution in [3.8, 4) is 27.9 Å². The van der Waals surface area contributed by atoms with Crippen LogP contribution in [-0.4, -0.2) is 4.57 Å². The highest BCUT2D eigenvalue weighted by Crippen LogP contribution is 2.49. The van der Waals surface area contributed by atoms with Crippen molar-refractivity contribution < 1.29 is 0 Å². The van der Waals surface area contributed by atoms with Gasteiger partial charge in [0.05, 0.1) is 11.0 Å². The highest BCUT2D eigenvalue weighted by atomic mass is 35.5. The Balaban J connectivity index is 1.46. The van der Waals surface area contributed by atoms with E-state index in [1.807, 2.05) is 6.07 Å². The van der Waals surface area contributed by atoms with Crippen LogP contribution in [0.25, 0.3) is 49.7 Å². The smallest absolute Gasteiger partial charge is 0.0555 e. The first kappa shape index (κ1) is 20.6.